The van der Waals surface area contributed by atoms with E-state index < -0.39 is 34.0 Å². The van der Waals surface area contributed by atoms with Crippen LogP contribution < -0.4 is 0 Å². The van der Waals surface area contributed by atoms with Crippen molar-refractivity contribution in [1.82, 2.24) is 14.8 Å². The fourth-order valence-corrected chi connectivity index (χ4v) is 6.78. The molecule has 12 heteroatoms. The van der Waals surface area contributed by atoms with Crippen LogP contribution in [0.3, 0.4) is 0 Å². The molecule has 2 atom stereocenters. The van der Waals surface area contributed by atoms with E-state index in [0.717, 1.165) is 21.0 Å². The summed E-state index contributed by atoms with van der Waals surface area (Å²) >= 11 is 3.07. The van der Waals surface area contributed by atoms with Crippen LogP contribution in [0, 0.1) is 0 Å². The lowest BCUT2D eigenvalue weighted by Crippen LogP contribution is -2.50. The van der Waals surface area contributed by atoms with Crippen LogP contribution in [-0.4, -0.2) is 67.0 Å². The van der Waals surface area contributed by atoms with Gasteiger partial charge in [0.15, 0.2) is 0 Å². The molecular weight excluding hydrogens is 583 g/mol. The molecule has 216 valence electrons. The molecule has 0 saturated heterocycles. The number of thiazole rings is 1. The Hall–Kier alpha value is -3.58. The van der Waals surface area contributed by atoms with Gasteiger partial charge in [-0.1, -0.05) is 60.7 Å². The summed E-state index contributed by atoms with van der Waals surface area (Å²) < 4.78 is 36.7. The van der Waals surface area contributed by atoms with E-state index in [9.17, 15) is 22.6 Å². The van der Waals surface area contributed by atoms with E-state index in [1.807, 2.05) is 53.2 Å². The van der Waals surface area contributed by atoms with Crippen molar-refractivity contribution in [3.05, 3.63) is 99.9 Å². The van der Waals surface area contributed by atoms with E-state index in [0.29, 0.717) is 24.1 Å². The van der Waals surface area contributed by atoms with Crippen molar-refractivity contribution in [2.45, 2.75) is 30.7 Å². The minimum absolute atomic E-state index is 0.277. The smallest absolute Gasteiger partial charge is 0.409 e. The Kier molecular flexibility index (Phi) is 9.92. The first kappa shape index (κ1) is 30.4. The van der Waals surface area contributed by atoms with Gasteiger partial charge in [-0.2, -0.15) is 8.42 Å². The maximum absolute atomic E-state index is 14.1. The highest BCUT2D eigenvalue weighted by molar-refractivity contribution is 7.85. The molecule has 0 saturated carbocycles. The number of thiophene rings is 1. The first-order chi connectivity index (χ1) is 19.6. The van der Waals surface area contributed by atoms with E-state index in [2.05, 4.69) is 0 Å². The monoisotopic (exact) mass is 613 g/mol. The SMILES string of the molecule is COC(=O)N(C)[C@@H](Cc1ccccc1)C(=O)N(C)[C@@H](Cc1ccc(CS(=O)(=O)O)cc1)c1csc(-c2cccs2)n1. The minimum Gasteiger partial charge on any atom is -0.453 e. The molecule has 4 aromatic rings. The third-order valence-electron chi connectivity index (χ3n) is 6.70. The highest BCUT2D eigenvalue weighted by Gasteiger charge is 2.34. The van der Waals surface area contributed by atoms with Crippen molar-refractivity contribution >= 4 is 44.8 Å². The third-order valence-corrected chi connectivity index (χ3v) is 9.30. The van der Waals surface area contributed by atoms with Crippen molar-refractivity contribution in [2.75, 3.05) is 21.2 Å². The van der Waals surface area contributed by atoms with Crippen LogP contribution in [0.2, 0.25) is 0 Å². The minimum atomic E-state index is -4.16. The Morgan fingerprint density at radius 3 is 2.17 bits per heavy atom. The number of amides is 2. The van der Waals surface area contributed by atoms with E-state index >= 15 is 0 Å². The number of nitrogens with zero attached hydrogens (tertiary/aromatic N) is 3. The Morgan fingerprint density at radius 2 is 1.56 bits per heavy atom. The molecule has 0 aliphatic heterocycles. The summed E-state index contributed by atoms with van der Waals surface area (Å²) in [5.41, 5.74) is 2.90. The number of carbonyl (C=O) groups is 2. The Bertz CT molecular complexity index is 1550. The molecule has 9 nitrogen and oxygen atoms in total. The zero-order chi connectivity index (χ0) is 29.6. The highest BCUT2D eigenvalue weighted by Crippen LogP contribution is 2.33. The Balaban J connectivity index is 1.67. The summed E-state index contributed by atoms with van der Waals surface area (Å²) in [6.45, 7) is 0. The summed E-state index contributed by atoms with van der Waals surface area (Å²) in [6.07, 6.45) is 0.0684. The normalized spacial score (nSPS) is 12.9. The largest absolute Gasteiger partial charge is 0.453 e. The van der Waals surface area contributed by atoms with Gasteiger partial charge in [0.2, 0.25) is 5.91 Å². The fourth-order valence-electron chi connectivity index (χ4n) is 4.49. The van der Waals surface area contributed by atoms with Crippen molar-refractivity contribution < 1.29 is 27.3 Å². The van der Waals surface area contributed by atoms with Crippen LogP contribution >= 0.6 is 22.7 Å². The summed E-state index contributed by atoms with van der Waals surface area (Å²) in [7, 11) is 0.374. The molecular formula is C29H31N3O6S3. The predicted molar refractivity (Wildman–Crippen MR) is 160 cm³/mol. The van der Waals surface area contributed by atoms with Gasteiger partial charge in [-0.3, -0.25) is 14.2 Å². The number of likely N-dealkylation sites (N-methyl/N-ethyl adjacent to an activating group) is 2. The van der Waals surface area contributed by atoms with E-state index in [-0.39, 0.29) is 5.91 Å². The lowest BCUT2D eigenvalue weighted by Gasteiger charge is -2.34. The number of hydrogen-bond acceptors (Lipinski definition) is 8. The molecule has 2 heterocycles. The number of aromatic nitrogens is 1. The number of carbonyl (C=O) groups excluding carboxylic acids is 2. The zero-order valence-corrected chi connectivity index (χ0v) is 25.3. The van der Waals surface area contributed by atoms with Gasteiger partial charge < -0.3 is 9.64 Å². The van der Waals surface area contributed by atoms with Gasteiger partial charge >= 0.3 is 6.09 Å². The van der Waals surface area contributed by atoms with E-state index in [4.69, 9.17) is 9.72 Å². The molecule has 0 aliphatic rings. The van der Waals surface area contributed by atoms with Crippen LogP contribution in [0.15, 0.2) is 77.5 Å². The number of ether oxygens (including phenoxy) is 1. The van der Waals surface area contributed by atoms with Crippen LogP contribution in [0.1, 0.15) is 28.4 Å². The summed E-state index contributed by atoms with van der Waals surface area (Å²) in [4.78, 5) is 35.5. The first-order valence-electron chi connectivity index (χ1n) is 12.7. The van der Waals surface area contributed by atoms with Crippen LogP contribution in [0.5, 0.6) is 0 Å². The number of rotatable bonds is 11. The van der Waals surface area contributed by atoms with E-state index in [1.165, 1.54) is 23.3 Å². The van der Waals surface area contributed by atoms with Crippen LogP contribution in [-0.2, 0) is 38.2 Å². The van der Waals surface area contributed by atoms with Gasteiger partial charge in [-0.05, 0) is 34.6 Å². The molecule has 0 unspecified atom stereocenters. The second kappa shape index (κ2) is 13.4. The summed E-state index contributed by atoms with van der Waals surface area (Å²) in [5, 5.41) is 4.76. The maximum atomic E-state index is 14.1. The molecule has 0 aliphatic carbocycles. The molecule has 0 bridgehead atoms. The topological polar surface area (TPSA) is 117 Å². The quantitative estimate of drug-likeness (QED) is 0.228. The molecule has 2 aromatic heterocycles. The summed E-state index contributed by atoms with van der Waals surface area (Å²) in [6, 6.07) is 19.0. The van der Waals surface area contributed by atoms with Gasteiger partial charge in [-0.15, -0.1) is 22.7 Å². The Morgan fingerprint density at radius 1 is 0.902 bits per heavy atom. The molecule has 4 rings (SSSR count). The molecule has 0 spiro atoms. The second-order valence-corrected chi connectivity index (χ2v) is 12.8. The van der Waals surface area contributed by atoms with Gasteiger partial charge in [-0.25, -0.2) is 9.78 Å². The van der Waals surface area contributed by atoms with Crippen LogP contribution in [0.25, 0.3) is 9.88 Å². The van der Waals surface area contributed by atoms with Crippen molar-refractivity contribution in [3.63, 3.8) is 0 Å². The molecule has 2 aromatic carbocycles. The maximum Gasteiger partial charge on any atom is 0.409 e. The molecule has 0 radical (unpaired) electrons. The first-order valence-corrected chi connectivity index (χ1v) is 16.1. The second-order valence-electron chi connectivity index (χ2n) is 9.55. The van der Waals surface area contributed by atoms with Crippen molar-refractivity contribution in [1.29, 1.82) is 0 Å². The number of benzene rings is 2. The average molecular weight is 614 g/mol. The van der Waals surface area contributed by atoms with Gasteiger partial charge in [0.05, 0.1) is 23.7 Å². The standard InChI is InChI=1S/C29H31N3O6S3/c1-31(28(33)25(32(2)29(34)38-3)17-20-8-5-4-6-9-20)24(23-18-40-27(30-23)26-10-7-15-39-26)16-21-11-13-22(14-12-21)19-41(35,36)37/h4-15,18,24-25H,16-17,19H2,1-3H3,(H,35,36,37)/t24-,25-/m0/s1. The third kappa shape index (κ3) is 8.00. The van der Waals surface area contributed by atoms with Gasteiger partial charge in [0.1, 0.15) is 16.8 Å². The summed E-state index contributed by atoms with van der Waals surface area (Å²) in [5.74, 6) is -0.757. The lowest BCUT2D eigenvalue weighted by atomic mass is 9.99. The van der Waals surface area contributed by atoms with Gasteiger partial charge in [0.25, 0.3) is 10.1 Å². The van der Waals surface area contributed by atoms with E-state index in [1.54, 1.807) is 54.6 Å². The number of methoxy groups -OCH3 is 1. The van der Waals surface area contributed by atoms with Crippen molar-refractivity contribution in [2.24, 2.45) is 0 Å². The lowest BCUT2D eigenvalue weighted by molar-refractivity contribution is -0.137. The molecule has 41 heavy (non-hydrogen) atoms. The van der Waals surface area contributed by atoms with Crippen LogP contribution in [0.4, 0.5) is 4.79 Å². The van der Waals surface area contributed by atoms with Crippen molar-refractivity contribution in [3.8, 4) is 9.88 Å². The predicted octanol–water partition coefficient (Wildman–Crippen LogP) is 5.31. The molecule has 0 fully saturated rings. The number of hydrogen-bond donors (Lipinski definition) is 1. The zero-order valence-electron chi connectivity index (χ0n) is 22.8. The molecule has 1 N–H and O–H groups in total. The molecule has 2 amide bonds. The average Bonchev–Trinajstić information content (AvgIpc) is 3.66. The highest BCUT2D eigenvalue weighted by atomic mass is 32.2. The van der Waals surface area contributed by atoms with Gasteiger partial charge in [0, 0.05) is 25.9 Å². The Labute approximate surface area is 247 Å². The fraction of sp³-hybridized carbons (Fsp3) is 0.276.